The van der Waals surface area contributed by atoms with Crippen molar-refractivity contribution in [3.63, 3.8) is 0 Å². The van der Waals surface area contributed by atoms with Crippen LogP contribution in [0.1, 0.15) is 42.8 Å². The van der Waals surface area contributed by atoms with E-state index in [-0.39, 0.29) is 5.91 Å². The van der Waals surface area contributed by atoms with Crippen molar-refractivity contribution < 1.29 is 4.79 Å². The third kappa shape index (κ3) is 2.61. The minimum Gasteiger partial charge on any atom is -0.382 e. The van der Waals surface area contributed by atoms with Gasteiger partial charge in [-0.3, -0.25) is 4.79 Å². The maximum atomic E-state index is 12.6. The summed E-state index contributed by atoms with van der Waals surface area (Å²) < 4.78 is 0. The molecule has 1 saturated heterocycles. The van der Waals surface area contributed by atoms with Gasteiger partial charge in [0.25, 0.3) is 5.91 Å². The van der Waals surface area contributed by atoms with Crippen LogP contribution in [-0.4, -0.2) is 43.0 Å². The molecule has 0 unspecified atom stereocenters. The number of hydrogen-bond donors (Lipinski definition) is 1. The van der Waals surface area contributed by atoms with E-state index in [1.165, 1.54) is 11.3 Å². The van der Waals surface area contributed by atoms with E-state index in [0.717, 1.165) is 37.5 Å². The summed E-state index contributed by atoms with van der Waals surface area (Å²) in [6.45, 7) is 6.09. The Morgan fingerprint density at radius 3 is 2.55 bits per heavy atom. The third-order valence-corrected chi connectivity index (χ3v) is 5.67. The van der Waals surface area contributed by atoms with Gasteiger partial charge in [-0.25, -0.2) is 4.98 Å². The lowest BCUT2D eigenvalue weighted by Crippen LogP contribution is -2.31. The number of aromatic nitrogens is 1. The molecule has 2 rings (SSSR count). The molecule has 2 heterocycles. The molecule has 2 N–H and O–H groups in total. The first-order valence-corrected chi connectivity index (χ1v) is 7.97. The molecule has 112 valence electrons. The van der Waals surface area contributed by atoms with Crippen molar-refractivity contribution in [1.29, 1.82) is 0 Å². The van der Waals surface area contributed by atoms with E-state index >= 15 is 0 Å². The lowest BCUT2D eigenvalue weighted by molar-refractivity contribution is 0.0775. The second-order valence-corrected chi connectivity index (χ2v) is 6.77. The van der Waals surface area contributed by atoms with E-state index < -0.39 is 0 Å². The normalized spacial score (nSPS) is 17.5. The van der Waals surface area contributed by atoms with Crippen LogP contribution in [0.15, 0.2) is 0 Å². The zero-order valence-corrected chi connectivity index (χ0v) is 13.6. The molecular weight excluding hydrogens is 272 g/mol. The number of carbonyl (C=O) groups is 1. The zero-order valence-electron chi connectivity index (χ0n) is 12.8. The van der Waals surface area contributed by atoms with Gasteiger partial charge in [0.05, 0.1) is 0 Å². The quantitative estimate of drug-likeness (QED) is 0.927. The molecule has 1 fully saturated rings. The minimum atomic E-state index is 0.0388. The molecule has 1 aliphatic heterocycles. The summed E-state index contributed by atoms with van der Waals surface area (Å²) >= 11 is 1.38. The molecule has 0 aromatic carbocycles. The van der Waals surface area contributed by atoms with Gasteiger partial charge in [-0.1, -0.05) is 25.2 Å². The fraction of sp³-hybridized carbons (Fsp3) is 0.714. The van der Waals surface area contributed by atoms with Crippen molar-refractivity contribution in [1.82, 2.24) is 9.88 Å². The van der Waals surface area contributed by atoms with Crippen LogP contribution in [0.5, 0.6) is 0 Å². The number of rotatable bonds is 4. The van der Waals surface area contributed by atoms with Crippen molar-refractivity contribution in [3.8, 4) is 0 Å². The van der Waals surface area contributed by atoms with Gasteiger partial charge in [-0.05, 0) is 24.7 Å². The van der Waals surface area contributed by atoms with Gasteiger partial charge in [-0.15, -0.1) is 0 Å². The van der Waals surface area contributed by atoms with E-state index in [4.69, 9.17) is 5.73 Å². The second-order valence-electron chi connectivity index (χ2n) is 5.79. The number of thiazole rings is 1. The van der Waals surface area contributed by atoms with Gasteiger partial charge in [0, 0.05) is 27.2 Å². The minimum absolute atomic E-state index is 0.0388. The van der Waals surface area contributed by atoms with Gasteiger partial charge >= 0.3 is 0 Å². The Bertz CT molecular complexity index is 493. The Balaban J connectivity index is 2.17. The summed E-state index contributed by atoms with van der Waals surface area (Å²) in [7, 11) is 3.81. The van der Waals surface area contributed by atoms with Crippen molar-refractivity contribution in [2.24, 2.45) is 5.41 Å². The van der Waals surface area contributed by atoms with Crippen LogP contribution in [0.25, 0.3) is 0 Å². The van der Waals surface area contributed by atoms with Crippen LogP contribution >= 0.6 is 11.3 Å². The van der Waals surface area contributed by atoms with Gasteiger partial charge in [0.1, 0.15) is 10.7 Å². The lowest BCUT2D eigenvalue weighted by atomic mass is 9.82. The van der Waals surface area contributed by atoms with Crippen LogP contribution in [-0.2, 0) is 0 Å². The average molecular weight is 296 g/mol. The van der Waals surface area contributed by atoms with E-state index in [9.17, 15) is 4.79 Å². The summed E-state index contributed by atoms with van der Waals surface area (Å²) in [6.07, 6.45) is 3.33. The highest BCUT2D eigenvalue weighted by Crippen LogP contribution is 2.38. The van der Waals surface area contributed by atoms with Crippen LogP contribution < -0.4 is 10.6 Å². The Kier molecular flexibility index (Phi) is 4.22. The fourth-order valence-electron chi connectivity index (χ4n) is 2.74. The molecular formula is C14H24N4OS. The Labute approximate surface area is 124 Å². The van der Waals surface area contributed by atoms with Crippen LogP contribution in [0, 0.1) is 5.41 Å². The largest absolute Gasteiger partial charge is 0.382 e. The summed E-state index contributed by atoms with van der Waals surface area (Å²) in [6, 6.07) is 0. The number of nitrogens with zero attached hydrogens (tertiary/aromatic N) is 3. The molecule has 0 bridgehead atoms. The number of nitrogens with two attached hydrogens (primary N) is 1. The highest BCUT2D eigenvalue weighted by Gasteiger charge is 2.38. The second kappa shape index (κ2) is 5.60. The predicted molar refractivity (Wildman–Crippen MR) is 84.4 cm³/mol. The third-order valence-electron chi connectivity index (χ3n) is 4.44. The number of nitrogen functional groups attached to an aromatic ring is 1. The standard InChI is InChI=1S/C14H24N4OS/c1-5-14(6-2)7-8-18(9-14)12(19)10-11(15)16-13(20-10)17(3)4/h5-9,15H2,1-4H3. The van der Waals surface area contributed by atoms with Crippen molar-refractivity contribution in [2.75, 3.05) is 37.8 Å². The van der Waals surface area contributed by atoms with E-state index in [1.807, 2.05) is 23.9 Å². The van der Waals surface area contributed by atoms with E-state index in [0.29, 0.717) is 16.1 Å². The highest BCUT2D eigenvalue weighted by molar-refractivity contribution is 7.18. The zero-order chi connectivity index (χ0) is 14.9. The molecule has 0 saturated carbocycles. The van der Waals surface area contributed by atoms with Gasteiger partial charge in [-0.2, -0.15) is 0 Å². The molecule has 0 radical (unpaired) electrons. The fourth-order valence-corrected chi connectivity index (χ4v) is 3.62. The van der Waals surface area contributed by atoms with E-state index in [2.05, 4.69) is 18.8 Å². The van der Waals surface area contributed by atoms with Crippen molar-refractivity contribution in [3.05, 3.63) is 4.88 Å². The smallest absolute Gasteiger partial charge is 0.267 e. The van der Waals surface area contributed by atoms with Crippen LogP contribution in [0.3, 0.4) is 0 Å². The molecule has 1 aromatic heterocycles. The molecule has 20 heavy (non-hydrogen) atoms. The van der Waals surface area contributed by atoms with Crippen LogP contribution in [0.4, 0.5) is 10.9 Å². The first-order valence-electron chi connectivity index (χ1n) is 7.15. The molecule has 0 atom stereocenters. The van der Waals surface area contributed by atoms with Gasteiger partial charge in [0.15, 0.2) is 5.13 Å². The Hall–Kier alpha value is -1.30. The van der Waals surface area contributed by atoms with Crippen LogP contribution in [0.2, 0.25) is 0 Å². The molecule has 5 nitrogen and oxygen atoms in total. The van der Waals surface area contributed by atoms with Crippen molar-refractivity contribution in [2.45, 2.75) is 33.1 Å². The maximum absolute atomic E-state index is 12.6. The highest BCUT2D eigenvalue weighted by atomic mass is 32.1. The number of likely N-dealkylation sites (tertiary alicyclic amines) is 1. The molecule has 6 heteroatoms. The number of amides is 1. The summed E-state index contributed by atoms with van der Waals surface area (Å²) in [4.78, 5) is 21.3. The molecule has 1 aliphatic rings. The van der Waals surface area contributed by atoms with Gasteiger partial charge in [0.2, 0.25) is 0 Å². The first kappa shape index (κ1) is 15.1. The summed E-state index contributed by atoms with van der Waals surface area (Å²) in [5.41, 5.74) is 6.20. The van der Waals surface area contributed by atoms with E-state index in [1.54, 1.807) is 0 Å². The molecule has 1 aromatic rings. The summed E-state index contributed by atoms with van der Waals surface area (Å²) in [5.74, 6) is 0.395. The monoisotopic (exact) mass is 296 g/mol. The average Bonchev–Trinajstić information content (AvgIpc) is 3.02. The first-order chi connectivity index (χ1) is 9.42. The maximum Gasteiger partial charge on any atom is 0.267 e. The lowest BCUT2D eigenvalue weighted by Gasteiger charge is -2.26. The summed E-state index contributed by atoms with van der Waals surface area (Å²) in [5, 5.41) is 0.780. The van der Waals surface area contributed by atoms with Gasteiger partial charge < -0.3 is 15.5 Å². The van der Waals surface area contributed by atoms with Crippen molar-refractivity contribution >= 4 is 28.2 Å². The number of hydrogen-bond acceptors (Lipinski definition) is 5. The Morgan fingerprint density at radius 2 is 2.10 bits per heavy atom. The topological polar surface area (TPSA) is 62.5 Å². The molecule has 0 aliphatic carbocycles. The predicted octanol–water partition coefficient (Wildman–Crippen LogP) is 2.44. The molecule has 0 spiro atoms. The number of carbonyl (C=O) groups excluding carboxylic acids is 1. The Morgan fingerprint density at radius 1 is 1.45 bits per heavy atom. The molecule has 1 amide bonds. The SMILES string of the molecule is CCC1(CC)CCN(C(=O)c2sc(N(C)C)nc2N)C1. The number of anilines is 2.